The number of halogens is 2. The van der Waals surface area contributed by atoms with Gasteiger partial charge in [-0.25, -0.2) is 8.78 Å². The second-order valence-corrected chi connectivity index (χ2v) is 7.20. The number of nitrogens with two attached hydrogens (primary N) is 1. The lowest BCUT2D eigenvalue weighted by Crippen LogP contribution is -2.47. The molecule has 0 fully saturated rings. The van der Waals surface area contributed by atoms with Crippen molar-refractivity contribution in [3.63, 3.8) is 0 Å². The Morgan fingerprint density at radius 3 is 2.57 bits per heavy atom. The van der Waals surface area contributed by atoms with Crippen molar-refractivity contribution >= 4 is 0 Å². The summed E-state index contributed by atoms with van der Waals surface area (Å²) in [6.45, 7) is 2.32. The van der Waals surface area contributed by atoms with Gasteiger partial charge in [0.25, 0.3) is 0 Å². The van der Waals surface area contributed by atoms with E-state index >= 15 is 0 Å². The maximum absolute atomic E-state index is 13.3. The minimum Gasteiger partial charge on any atom is -0.490 e. The van der Waals surface area contributed by atoms with Crippen molar-refractivity contribution < 1.29 is 23.7 Å². The molecule has 7 heteroatoms. The Bertz CT molecular complexity index is 798. The number of aliphatic hydroxyl groups is 2. The minimum absolute atomic E-state index is 0.122. The molecule has 2 aromatic carbocycles. The molecule has 4 atom stereocenters. The number of aliphatic hydroxyl groups excluding tert-OH is 2. The maximum atomic E-state index is 13.3. The van der Waals surface area contributed by atoms with Crippen LogP contribution in [0.5, 0.6) is 5.75 Å². The van der Waals surface area contributed by atoms with Crippen LogP contribution >= 0.6 is 0 Å². The molecule has 0 aliphatic carbocycles. The van der Waals surface area contributed by atoms with E-state index in [1.807, 2.05) is 25.1 Å². The van der Waals surface area contributed by atoms with E-state index in [0.717, 1.165) is 23.6 Å². The third-order valence-electron chi connectivity index (χ3n) is 5.05. The predicted molar refractivity (Wildman–Crippen MR) is 102 cm³/mol. The van der Waals surface area contributed by atoms with Crippen molar-refractivity contribution in [3.8, 4) is 5.75 Å². The van der Waals surface area contributed by atoms with Crippen molar-refractivity contribution in [1.29, 1.82) is 0 Å². The highest BCUT2D eigenvalue weighted by Crippen LogP contribution is 2.33. The maximum Gasteiger partial charge on any atom is 0.126 e. The van der Waals surface area contributed by atoms with Gasteiger partial charge in [-0.2, -0.15) is 0 Å². The highest BCUT2D eigenvalue weighted by atomic mass is 19.1. The first kappa shape index (κ1) is 20.7. The molecule has 0 aromatic heterocycles. The summed E-state index contributed by atoms with van der Waals surface area (Å²) in [7, 11) is 0. The third-order valence-corrected chi connectivity index (χ3v) is 5.05. The molecule has 1 aliphatic rings. The van der Waals surface area contributed by atoms with Gasteiger partial charge in [0.2, 0.25) is 0 Å². The highest BCUT2D eigenvalue weighted by Gasteiger charge is 2.30. The summed E-state index contributed by atoms with van der Waals surface area (Å²) >= 11 is 0. The average Bonchev–Trinajstić information content (AvgIpc) is 2.65. The van der Waals surface area contributed by atoms with Gasteiger partial charge in [0.05, 0.1) is 12.1 Å². The average molecular weight is 392 g/mol. The third kappa shape index (κ3) is 4.86. The Morgan fingerprint density at radius 1 is 1.18 bits per heavy atom. The summed E-state index contributed by atoms with van der Waals surface area (Å²) in [6, 6.07) is 7.93. The summed E-state index contributed by atoms with van der Waals surface area (Å²) < 4.78 is 32.2. The van der Waals surface area contributed by atoms with Crippen LogP contribution in [0.15, 0.2) is 36.4 Å². The van der Waals surface area contributed by atoms with E-state index in [2.05, 4.69) is 5.32 Å². The molecule has 4 unspecified atom stereocenters. The van der Waals surface area contributed by atoms with Crippen LogP contribution in [0.25, 0.3) is 0 Å². The number of rotatable bonds is 7. The van der Waals surface area contributed by atoms with Gasteiger partial charge in [0, 0.05) is 24.2 Å². The molecular formula is C21H26F2N2O3. The lowest BCUT2D eigenvalue weighted by atomic mass is 9.95. The molecule has 0 saturated carbocycles. The van der Waals surface area contributed by atoms with Crippen molar-refractivity contribution in [2.45, 2.75) is 44.1 Å². The smallest absolute Gasteiger partial charge is 0.126 e. The summed E-state index contributed by atoms with van der Waals surface area (Å²) in [6.07, 6.45) is -0.738. The Labute approximate surface area is 163 Å². The Morgan fingerprint density at radius 2 is 1.89 bits per heavy atom. The normalized spacial score (nSPS) is 20.9. The number of aryl methyl sites for hydroxylation is 1. The van der Waals surface area contributed by atoms with Crippen molar-refractivity contribution in [2.24, 2.45) is 5.73 Å². The number of hydrogen-bond acceptors (Lipinski definition) is 5. The van der Waals surface area contributed by atoms with Crippen LogP contribution in [-0.4, -0.2) is 41.6 Å². The first-order chi connectivity index (χ1) is 13.4. The van der Waals surface area contributed by atoms with Crippen LogP contribution < -0.4 is 15.8 Å². The fourth-order valence-corrected chi connectivity index (χ4v) is 3.45. The number of fused-ring (bicyclic) bond motifs is 1. The van der Waals surface area contributed by atoms with E-state index in [1.54, 1.807) is 0 Å². The van der Waals surface area contributed by atoms with Gasteiger partial charge in [0.15, 0.2) is 0 Å². The summed E-state index contributed by atoms with van der Waals surface area (Å²) in [5.74, 6) is -0.652. The van der Waals surface area contributed by atoms with Crippen molar-refractivity contribution in [1.82, 2.24) is 5.32 Å². The van der Waals surface area contributed by atoms with Gasteiger partial charge in [-0.15, -0.1) is 0 Å². The van der Waals surface area contributed by atoms with E-state index in [0.29, 0.717) is 11.3 Å². The van der Waals surface area contributed by atoms with Crippen LogP contribution in [0.1, 0.15) is 29.7 Å². The van der Waals surface area contributed by atoms with Crippen molar-refractivity contribution in [2.75, 3.05) is 13.2 Å². The molecule has 0 amide bonds. The molecule has 1 heterocycles. The summed E-state index contributed by atoms with van der Waals surface area (Å²) in [4.78, 5) is 0. The lowest BCUT2D eigenvalue weighted by molar-refractivity contribution is 0.0468. The fraction of sp³-hybridized carbons (Fsp3) is 0.429. The van der Waals surface area contributed by atoms with Crippen LogP contribution in [0.4, 0.5) is 8.78 Å². The van der Waals surface area contributed by atoms with E-state index in [-0.39, 0.29) is 19.6 Å². The van der Waals surface area contributed by atoms with E-state index in [4.69, 9.17) is 10.5 Å². The number of benzene rings is 2. The Kier molecular flexibility index (Phi) is 6.61. The van der Waals surface area contributed by atoms with Crippen LogP contribution in [0.2, 0.25) is 0 Å². The second-order valence-electron chi connectivity index (χ2n) is 7.20. The Hall–Kier alpha value is -2.06. The van der Waals surface area contributed by atoms with Gasteiger partial charge in [0.1, 0.15) is 30.1 Å². The van der Waals surface area contributed by atoms with Crippen LogP contribution in [0.3, 0.4) is 0 Å². The lowest BCUT2D eigenvalue weighted by Gasteiger charge is -2.33. The zero-order valence-corrected chi connectivity index (χ0v) is 15.7. The van der Waals surface area contributed by atoms with Crippen LogP contribution in [0, 0.1) is 11.6 Å². The van der Waals surface area contributed by atoms with Gasteiger partial charge in [-0.1, -0.05) is 19.1 Å². The molecule has 3 rings (SSSR count). The quantitative estimate of drug-likeness (QED) is 0.578. The van der Waals surface area contributed by atoms with Gasteiger partial charge >= 0.3 is 0 Å². The molecular weight excluding hydrogens is 366 g/mol. The summed E-state index contributed by atoms with van der Waals surface area (Å²) in [5.41, 5.74) is 8.36. The van der Waals surface area contributed by atoms with Gasteiger partial charge in [-0.05, 0) is 42.2 Å². The van der Waals surface area contributed by atoms with Gasteiger partial charge in [-0.3, -0.25) is 0 Å². The summed E-state index contributed by atoms with van der Waals surface area (Å²) in [5, 5.41) is 23.9. The SMILES string of the molecule is CCc1ccc2c(c1)C(NCC(O)C(N)Cc1cc(F)cc(F)c1)C(O)CO2. The monoisotopic (exact) mass is 392 g/mol. The molecule has 0 saturated heterocycles. The largest absolute Gasteiger partial charge is 0.490 e. The second kappa shape index (κ2) is 8.96. The van der Waals surface area contributed by atoms with Crippen LogP contribution in [-0.2, 0) is 12.8 Å². The molecule has 0 bridgehead atoms. The molecule has 1 aliphatic heterocycles. The molecule has 5 N–H and O–H groups in total. The molecule has 152 valence electrons. The Balaban J connectivity index is 1.64. The number of ether oxygens (including phenoxy) is 1. The van der Waals surface area contributed by atoms with E-state index in [9.17, 15) is 19.0 Å². The number of hydrogen-bond donors (Lipinski definition) is 4. The first-order valence-electron chi connectivity index (χ1n) is 9.43. The highest BCUT2D eigenvalue weighted by molar-refractivity contribution is 5.41. The van der Waals surface area contributed by atoms with E-state index in [1.165, 1.54) is 12.1 Å². The minimum atomic E-state index is -0.959. The number of nitrogens with one attached hydrogen (secondary N) is 1. The zero-order valence-electron chi connectivity index (χ0n) is 15.7. The fourth-order valence-electron chi connectivity index (χ4n) is 3.45. The molecule has 0 radical (unpaired) electrons. The first-order valence-corrected chi connectivity index (χ1v) is 9.43. The molecule has 2 aromatic rings. The molecule has 28 heavy (non-hydrogen) atoms. The van der Waals surface area contributed by atoms with Gasteiger partial charge < -0.3 is 26.0 Å². The van der Waals surface area contributed by atoms with E-state index < -0.39 is 35.9 Å². The zero-order chi connectivity index (χ0) is 20.3. The molecule has 0 spiro atoms. The standard InChI is InChI=1S/C21H26F2N2O3/c1-2-12-3-4-20-16(7-12)21(19(27)11-28-20)25-10-18(26)17(24)8-13-5-14(22)9-15(23)6-13/h3-7,9,17-19,21,25-27H,2,8,10-11,24H2,1H3. The van der Waals surface area contributed by atoms with Crippen molar-refractivity contribution in [3.05, 3.63) is 64.7 Å². The predicted octanol–water partition coefficient (Wildman–Crippen LogP) is 1.84. The topological polar surface area (TPSA) is 87.7 Å². The molecule has 5 nitrogen and oxygen atoms in total.